The molecule has 1 aliphatic heterocycles. The number of amides is 2. The van der Waals surface area contributed by atoms with E-state index in [-0.39, 0.29) is 11.8 Å². The van der Waals surface area contributed by atoms with E-state index < -0.39 is 0 Å². The first-order valence-electron chi connectivity index (χ1n) is 8.39. The molecule has 7 heteroatoms. The number of hydrogen-bond acceptors (Lipinski definition) is 4. The molecule has 1 aliphatic rings. The predicted molar refractivity (Wildman–Crippen MR) is 98.8 cm³/mol. The molecule has 1 fully saturated rings. The molecule has 0 atom stereocenters. The quantitative estimate of drug-likeness (QED) is 0.911. The summed E-state index contributed by atoms with van der Waals surface area (Å²) in [7, 11) is 3.13. The molecule has 0 bridgehead atoms. The van der Waals surface area contributed by atoms with E-state index in [0.717, 1.165) is 5.69 Å². The van der Waals surface area contributed by atoms with Crippen molar-refractivity contribution in [1.29, 1.82) is 0 Å². The lowest BCUT2D eigenvalue weighted by Crippen LogP contribution is -2.50. The molecular weight excluding hydrogens is 337 g/mol. The van der Waals surface area contributed by atoms with Gasteiger partial charge in [-0.15, -0.1) is 0 Å². The van der Waals surface area contributed by atoms with E-state index in [1.54, 1.807) is 49.5 Å². The average molecular weight is 359 g/mol. The number of benzene rings is 2. The zero-order valence-corrected chi connectivity index (χ0v) is 14.9. The summed E-state index contributed by atoms with van der Waals surface area (Å²) in [6.45, 7) is 2.54. The second kappa shape index (κ2) is 7.95. The van der Waals surface area contributed by atoms with Crippen LogP contribution >= 0.6 is 0 Å². The molecule has 1 heterocycles. The highest BCUT2D eigenvalue weighted by molar-refractivity contribution is 5.91. The zero-order valence-electron chi connectivity index (χ0n) is 14.9. The van der Waals surface area contributed by atoms with Crippen molar-refractivity contribution in [2.75, 3.05) is 50.6 Å². The summed E-state index contributed by atoms with van der Waals surface area (Å²) in [4.78, 5) is 16.5. The predicted octanol–water partition coefficient (Wildman–Crippen LogP) is 3.20. The molecule has 2 aromatic rings. The van der Waals surface area contributed by atoms with Crippen molar-refractivity contribution in [1.82, 2.24) is 4.90 Å². The van der Waals surface area contributed by atoms with E-state index in [4.69, 9.17) is 9.47 Å². The Hall–Kier alpha value is -2.96. The highest BCUT2D eigenvalue weighted by atomic mass is 19.1. The molecule has 2 amide bonds. The Labute approximate surface area is 152 Å². The van der Waals surface area contributed by atoms with Crippen molar-refractivity contribution in [2.45, 2.75) is 0 Å². The molecule has 0 radical (unpaired) electrons. The third-order valence-electron chi connectivity index (χ3n) is 4.41. The Balaban J connectivity index is 1.61. The van der Waals surface area contributed by atoms with Crippen molar-refractivity contribution in [3.8, 4) is 11.5 Å². The molecule has 2 aromatic carbocycles. The number of rotatable bonds is 4. The van der Waals surface area contributed by atoms with E-state index in [9.17, 15) is 9.18 Å². The maximum absolute atomic E-state index is 13.0. The van der Waals surface area contributed by atoms with Crippen molar-refractivity contribution in [3.05, 3.63) is 48.3 Å². The van der Waals surface area contributed by atoms with Crippen LogP contribution in [0.15, 0.2) is 42.5 Å². The molecule has 0 aromatic heterocycles. The largest absolute Gasteiger partial charge is 0.497 e. The molecule has 26 heavy (non-hydrogen) atoms. The van der Waals surface area contributed by atoms with Gasteiger partial charge in [0.15, 0.2) is 0 Å². The Morgan fingerprint density at radius 2 is 1.69 bits per heavy atom. The van der Waals surface area contributed by atoms with Crippen LogP contribution in [0.4, 0.5) is 20.6 Å². The SMILES string of the molecule is COc1ccc(OC)c(NC(=O)N2CCN(c3ccc(F)cc3)CC2)c1. The van der Waals surface area contributed by atoms with E-state index in [2.05, 4.69) is 10.2 Å². The van der Waals surface area contributed by atoms with Gasteiger partial charge in [0.2, 0.25) is 0 Å². The monoisotopic (exact) mass is 359 g/mol. The maximum Gasteiger partial charge on any atom is 0.322 e. The fourth-order valence-corrected chi connectivity index (χ4v) is 2.93. The third-order valence-corrected chi connectivity index (χ3v) is 4.41. The van der Waals surface area contributed by atoms with Gasteiger partial charge in [0.1, 0.15) is 17.3 Å². The number of nitrogens with zero attached hydrogens (tertiary/aromatic N) is 2. The third kappa shape index (κ3) is 3.99. The van der Waals surface area contributed by atoms with Crippen LogP contribution in [0.3, 0.4) is 0 Å². The van der Waals surface area contributed by atoms with Crippen LogP contribution in [0.5, 0.6) is 11.5 Å². The second-order valence-electron chi connectivity index (χ2n) is 5.95. The molecule has 138 valence electrons. The van der Waals surface area contributed by atoms with Gasteiger partial charge in [-0.25, -0.2) is 9.18 Å². The first kappa shape index (κ1) is 17.8. The van der Waals surface area contributed by atoms with Gasteiger partial charge >= 0.3 is 6.03 Å². The molecular formula is C19H22FN3O3. The average Bonchev–Trinajstić information content (AvgIpc) is 2.68. The minimum atomic E-state index is -0.251. The van der Waals surface area contributed by atoms with Gasteiger partial charge < -0.3 is 24.6 Å². The zero-order chi connectivity index (χ0) is 18.5. The van der Waals surface area contributed by atoms with Crippen LogP contribution < -0.4 is 19.7 Å². The summed E-state index contributed by atoms with van der Waals surface area (Å²) in [6, 6.07) is 11.5. The van der Waals surface area contributed by atoms with Crippen LogP contribution in [0.25, 0.3) is 0 Å². The molecule has 0 spiro atoms. The molecule has 0 unspecified atom stereocenters. The number of halogens is 1. The van der Waals surface area contributed by atoms with Crippen molar-refractivity contribution in [2.24, 2.45) is 0 Å². The number of piperazine rings is 1. The maximum atomic E-state index is 13.0. The number of carbonyl (C=O) groups excluding carboxylic acids is 1. The van der Waals surface area contributed by atoms with Crippen LogP contribution in [0.2, 0.25) is 0 Å². The fraction of sp³-hybridized carbons (Fsp3) is 0.316. The summed E-state index contributed by atoms with van der Waals surface area (Å²) in [5, 5.41) is 2.88. The summed E-state index contributed by atoms with van der Waals surface area (Å²) < 4.78 is 23.5. The van der Waals surface area contributed by atoms with Crippen LogP contribution in [0.1, 0.15) is 0 Å². The summed E-state index contributed by atoms with van der Waals surface area (Å²) in [5.74, 6) is 0.963. The smallest absolute Gasteiger partial charge is 0.322 e. The van der Waals surface area contributed by atoms with Gasteiger partial charge in [0.05, 0.1) is 19.9 Å². The first-order valence-corrected chi connectivity index (χ1v) is 8.39. The van der Waals surface area contributed by atoms with E-state index in [1.165, 1.54) is 12.1 Å². The number of urea groups is 1. The van der Waals surface area contributed by atoms with E-state index in [1.807, 2.05) is 0 Å². The van der Waals surface area contributed by atoms with Crippen LogP contribution in [-0.2, 0) is 0 Å². The Bertz CT molecular complexity index is 759. The lowest BCUT2D eigenvalue weighted by Gasteiger charge is -2.36. The van der Waals surface area contributed by atoms with Gasteiger partial charge in [0.25, 0.3) is 0 Å². The first-order chi connectivity index (χ1) is 12.6. The summed E-state index contributed by atoms with van der Waals surface area (Å²) in [5.41, 5.74) is 1.53. The minimum absolute atomic E-state index is 0.185. The van der Waals surface area contributed by atoms with Crippen molar-refractivity contribution in [3.63, 3.8) is 0 Å². The van der Waals surface area contributed by atoms with E-state index in [0.29, 0.717) is 43.4 Å². The van der Waals surface area contributed by atoms with Gasteiger partial charge in [-0.2, -0.15) is 0 Å². The number of hydrogen-bond donors (Lipinski definition) is 1. The fourth-order valence-electron chi connectivity index (χ4n) is 2.93. The Morgan fingerprint density at radius 3 is 2.31 bits per heavy atom. The number of nitrogens with one attached hydrogen (secondary N) is 1. The molecule has 0 aliphatic carbocycles. The molecule has 1 saturated heterocycles. The highest BCUT2D eigenvalue weighted by Gasteiger charge is 2.22. The van der Waals surface area contributed by atoms with Gasteiger partial charge in [-0.1, -0.05) is 0 Å². The minimum Gasteiger partial charge on any atom is -0.497 e. The van der Waals surface area contributed by atoms with Gasteiger partial charge in [-0.3, -0.25) is 0 Å². The lowest BCUT2D eigenvalue weighted by molar-refractivity contribution is 0.208. The standard InChI is InChI=1S/C19H22FN3O3/c1-25-16-7-8-18(26-2)17(13-16)21-19(24)23-11-9-22(10-12-23)15-5-3-14(20)4-6-15/h3-8,13H,9-12H2,1-2H3,(H,21,24). The number of carbonyl (C=O) groups is 1. The van der Waals surface area contributed by atoms with Gasteiger partial charge in [0, 0.05) is 37.9 Å². The number of methoxy groups -OCH3 is 2. The number of ether oxygens (including phenoxy) is 2. The molecule has 6 nitrogen and oxygen atoms in total. The Morgan fingerprint density at radius 1 is 1.00 bits per heavy atom. The topological polar surface area (TPSA) is 54.0 Å². The molecule has 1 N–H and O–H groups in total. The Kier molecular flexibility index (Phi) is 5.46. The summed E-state index contributed by atoms with van der Waals surface area (Å²) >= 11 is 0. The van der Waals surface area contributed by atoms with Crippen molar-refractivity contribution >= 4 is 17.4 Å². The van der Waals surface area contributed by atoms with Crippen molar-refractivity contribution < 1.29 is 18.7 Å². The van der Waals surface area contributed by atoms with Crippen LogP contribution in [-0.4, -0.2) is 51.3 Å². The second-order valence-corrected chi connectivity index (χ2v) is 5.95. The molecule has 3 rings (SSSR count). The van der Waals surface area contributed by atoms with E-state index >= 15 is 0 Å². The highest BCUT2D eigenvalue weighted by Crippen LogP contribution is 2.29. The van der Waals surface area contributed by atoms with Gasteiger partial charge in [-0.05, 0) is 36.4 Å². The molecule has 0 saturated carbocycles. The van der Waals surface area contributed by atoms with Crippen LogP contribution in [0, 0.1) is 5.82 Å². The normalized spacial score (nSPS) is 14.1. The lowest BCUT2D eigenvalue weighted by atomic mass is 10.2. The summed E-state index contributed by atoms with van der Waals surface area (Å²) in [6.07, 6.45) is 0. The number of anilines is 2.